The number of hydrogen-bond donors (Lipinski definition) is 2. The molecule has 3 N–H and O–H groups in total. The lowest BCUT2D eigenvalue weighted by Crippen LogP contribution is -2.26. The summed E-state index contributed by atoms with van der Waals surface area (Å²) in [4.78, 5) is 12.1. The lowest BCUT2D eigenvalue weighted by molar-refractivity contribution is 0.0940. The zero-order valence-electron chi connectivity index (χ0n) is 11.6. The Kier molecular flexibility index (Phi) is 4.25. The van der Waals surface area contributed by atoms with Crippen molar-refractivity contribution in [3.8, 4) is 5.75 Å². The lowest BCUT2D eigenvalue weighted by Gasteiger charge is -2.15. The van der Waals surface area contributed by atoms with Gasteiger partial charge in [0.2, 0.25) is 0 Å². The number of carbonyl (C=O) groups excluding carboxylic acids is 1. The Labute approximate surface area is 118 Å². The monoisotopic (exact) mass is 270 g/mol. The third-order valence-corrected chi connectivity index (χ3v) is 3.11. The van der Waals surface area contributed by atoms with Crippen molar-refractivity contribution in [2.75, 3.05) is 12.8 Å². The summed E-state index contributed by atoms with van der Waals surface area (Å²) in [6.45, 7) is 1.93. The molecule has 4 heteroatoms. The SMILES string of the molecule is COc1cccc([C@H](C)NC(=O)c2ccc(N)cc2)c1. The molecule has 0 aliphatic rings. The van der Waals surface area contributed by atoms with Crippen LogP contribution in [0.15, 0.2) is 48.5 Å². The van der Waals surface area contributed by atoms with Crippen molar-refractivity contribution in [3.05, 3.63) is 59.7 Å². The van der Waals surface area contributed by atoms with Gasteiger partial charge in [-0.2, -0.15) is 0 Å². The first kappa shape index (κ1) is 13.9. The molecule has 0 aliphatic carbocycles. The fraction of sp³-hybridized carbons (Fsp3) is 0.188. The molecule has 0 saturated heterocycles. The quantitative estimate of drug-likeness (QED) is 0.840. The summed E-state index contributed by atoms with van der Waals surface area (Å²) in [6, 6.07) is 14.4. The Bertz CT molecular complexity index is 594. The van der Waals surface area contributed by atoms with Crippen LogP contribution in [0.25, 0.3) is 0 Å². The molecular formula is C16H18N2O2. The molecule has 0 fully saturated rings. The van der Waals surface area contributed by atoms with Crippen molar-refractivity contribution in [1.82, 2.24) is 5.32 Å². The number of methoxy groups -OCH3 is 1. The van der Waals surface area contributed by atoms with E-state index in [9.17, 15) is 4.79 Å². The van der Waals surface area contributed by atoms with Crippen LogP contribution in [0.1, 0.15) is 28.9 Å². The first-order valence-electron chi connectivity index (χ1n) is 6.40. The minimum Gasteiger partial charge on any atom is -0.497 e. The summed E-state index contributed by atoms with van der Waals surface area (Å²) in [5.41, 5.74) is 7.83. The fourth-order valence-corrected chi connectivity index (χ4v) is 1.91. The van der Waals surface area contributed by atoms with E-state index in [0.29, 0.717) is 11.3 Å². The van der Waals surface area contributed by atoms with E-state index in [2.05, 4.69) is 5.32 Å². The van der Waals surface area contributed by atoms with E-state index in [-0.39, 0.29) is 11.9 Å². The minimum absolute atomic E-state index is 0.102. The Morgan fingerprint density at radius 3 is 2.55 bits per heavy atom. The van der Waals surface area contributed by atoms with Gasteiger partial charge in [-0.1, -0.05) is 12.1 Å². The number of anilines is 1. The van der Waals surface area contributed by atoms with Crippen molar-refractivity contribution in [2.24, 2.45) is 0 Å². The van der Waals surface area contributed by atoms with Gasteiger partial charge in [0.15, 0.2) is 0 Å². The fourth-order valence-electron chi connectivity index (χ4n) is 1.91. The lowest BCUT2D eigenvalue weighted by atomic mass is 10.1. The molecule has 1 atom stereocenters. The van der Waals surface area contributed by atoms with Gasteiger partial charge in [0.1, 0.15) is 5.75 Å². The molecule has 0 bridgehead atoms. The number of ether oxygens (including phenoxy) is 1. The van der Waals surface area contributed by atoms with Crippen molar-refractivity contribution in [2.45, 2.75) is 13.0 Å². The van der Waals surface area contributed by atoms with Gasteiger partial charge in [0, 0.05) is 11.3 Å². The maximum absolute atomic E-state index is 12.1. The Morgan fingerprint density at radius 1 is 1.20 bits per heavy atom. The normalized spacial score (nSPS) is 11.7. The second kappa shape index (κ2) is 6.10. The molecule has 0 heterocycles. The second-order valence-corrected chi connectivity index (χ2v) is 4.59. The Morgan fingerprint density at radius 2 is 1.90 bits per heavy atom. The molecule has 0 radical (unpaired) electrons. The number of nitrogen functional groups attached to an aromatic ring is 1. The van der Waals surface area contributed by atoms with Crippen molar-refractivity contribution >= 4 is 11.6 Å². The van der Waals surface area contributed by atoms with Gasteiger partial charge in [0.05, 0.1) is 13.2 Å². The van der Waals surface area contributed by atoms with E-state index in [1.165, 1.54) is 0 Å². The van der Waals surface area contributed by atoms with Gasteiger partial charge in [-0.3, -0.25) is 4.79 Å². The zero-order valence-corrected chi connectivity index (χ0v) is 11.6. The van der Waals surface area contributed by atoms with E-state index in [0.717, 1.165) is 11.3 Å². The molecule has 104 valence electrons. The van der Waals surface area contributed by atoms with Gasteiger partial charge in [-0.15, -0.1) is 0 Å². The standard InChI is InChI=1S/C16H18N2O2/c1-11(13-4-3-5-15(10-13)20-2)18-16(19)12-6-8-14(17)9-7-12/h3-11H,17H2,1-2H3,(H,18,19)/t11-/m0/s1. The predicted molar refractivity (Wildman–Crippen MR) is 79.7 cm³/mol. The summed E-state index contributed by atoms with van der Waals surface area (Å²) in [5.74, 6) is 0.649. The van der Waals surface area contributed by atoms with Gasteiger partial charge in [0.25, 0.3) is 5.91 Å². The molecule has 2 aromatic rings. The number of nitrogens with one attached hydrogen (secondary N) is 1. The van der Waals surface area contributed by atoms with Crippen LogP contribution in [0.2, 0.25) is 0 Å². The first-order valence-corrected chi connectivity index (χ1v) is 6.40. The summed E-state index contributed by atoms with van der Waals surface area (Å²) < 4.78 is 5.18. The Hall–Kier alpha value is -2.49. The molecule has 0 spiro atoms. The minimum atomic E-state index is -0.125. The molecule has 2 rings (SSSR count). The smallest absolute Gasteiger partial charge is 0.251 e. The highest BCUT2D eigenvalue weighted by Gasteiger charge is 2.11. The first-order chi connectivity index (χ1) is 9.60. The average Bonchev–Trinajstić information content (AvgIpc) is 2.47. The van der Waals surface area contributed by atoms with E-state index in [1.807, 2.05) is 31.2 Å². The highest BCUT2D eigenvalue weighted by atomic mass is 16.5. The molecule has 0 aromatic heterocycles. The predicted octanol–water partition coefficient (Wildman–Crippen LogP) is 2.77. The number of carbonyl (C=O) groups is 1. The van der Waals surface area contributed by atoms with E-state index >= 15 is 0 Å². The van der Waals surface area contributed by atoms with Crippen LogP contribution in [0, 0.1) is 0 Å². The summed E-state index contributed by atoms with van der Waals surface area (Å²) in [6.07, 6.45) is 0. The molecule has 2 aromatic carbocycles. The molecule has 1 amide bonds. The molecule has 0 saturated carbocycles. The number of nitrogens with two attached hydrogens (primary N) is 1. The van der Waals surface area contributed by atoms with Gasteiger partial charge >= 0.3 is 0 Å². The topological polar surface area (TPSA) is 64.3 Å². The largest absolute Gasteiger partial charge is 0.497 e. The van der Waals surface area contributed by atoms with E-state index in [1.54, 1.807) is 31.4 Å². The molecular weight excluding hydrogens is 252 g/mol. The van der Waals surface area contributed by atoms with Crippen molar-refractivity contribution in [1.29, 1.82) is 0 Å². The van der Waals surface area contributed by atoms with Crippen LogP contribution >= 0.6 is 0 Å². The molecule has 4 nitrogen and oxygen atoms in total. The maximum Gasteiger partial charge on any atom is 0.251 e. The third-order valence-electron chi connectivity index (χ3n) is 3.11. The highest BCUT2D eigenvalue weighted by molar-refractivity contribution is 5.94. The number of hydrogen-bond acceptors (Lipinski definition) is 3. The summed E-state index contributed by atoms with van der Waals surface area (Å²) >= 11 is 0. The van der Waals surface area contributed by atoms with Crippen molar-refractivity contribution < 1.29 is 9.53 Å². The number of amides is 1. The van der Waals surface area contributed by atoms with Gasteiger partial charge < -0.3 is 15.8 Å². The van der Waals surface area contributed by atoms with Gasteiger partial charge in [-0.05, 0) is 48.9 Å². The number of rotatable bonds is 4. The molecule has 0 unspecified atom stereocenters. The van der Waals surface area contributed by atoms with E-state index in [4.69, 9.17) is 10.5 Å². The van der Waals surface area contributed by atoms with Crippen molar-refractivity contribution in [3.63, 3.8) is 0 Å². The van der Waals surface area contributed by atoms with Crippen LogP contribution < -0.4 is 15.8 Å². The van der Waals surface area contributed by atoms with Crippen LogP contribution in [0.5, 0.6) is 5.75 Å². The maximum atomic E-state index is 12.1. The third kappa shape index (κ3) is 3.29. The number of benzene rings is 2. The summed E-state index contributed by atoms with van der Waals surface area (Å²) in [7, 11) is 1.62. The second-order valence-electron chi connectivity index (χ2n) is 4.59. The summed E-state index contributed by atoms with van der Waals surface area (Å²) in [5, 5.41) is 2.95. The molecule has 20 heavy (non-hydrogen) atoms. The Balaban J connectivity index is 2.08. The van der Waals surface area contributed by atoms with Crippen LogP contribution in [-0.4, -0.2) is 13.0 Å². The highest BCUT2D eigenvalue weighted by Crippen LogP contribution is 2.19. The van der Waals surface area contributed by atoms with Crippen LogP contribution in [0.4, 0.5) is 5.69 Å². The van der Waals surface area contributed by atoms with Crippen LogP contribution in [-0.2, 0) is 0 Å². The average molecular weight is 270 g/mol. The van der Waals surface area contributed by atoms with E-state index < -0.39 is 0 Å². The van der Waals surface area contributed by atoms with Crippen LogP contribution in [0.3, 0.4) is 0 Å². The zero-order chi connectivity index (χ0) is 14.5. The van der Waals surface area contributed by atoms with Gasteiger partial charge in [-0.25, -0.2) is 0 Å². The molecule has 0 aliphatic heterocycles.